The van der Waals surface area contributed by atoms with E-state index in [0.29, 0.717) is 6.54 Å². The van der Waals surface area contributed by atoms with Crippen molar-refractivity contribution in [1.82, 2.24) is 10.6 Å². The van der Waals surface area contributed by atoms with Gasteiger partial charge in [-0.05, 0) is 13.8 Å². The van der Waals surface area contributed by atoms with Crippen molar-refractivity contribution in [2.45, 2.75) is 46.2 Å². The average molecular weight is 229 g/mol. The topological polar surface area (TPSA) is 84.2 Å². The molecule has 0 aliphatic heterocycles. The molecule has 0 aliphatic rings. The Bertz CT molecular complexity index is 239. The summed E-state index contributed by atoms with van der Waals surface area (Å²) in [5, 5.41) is 5.45. The van der Waals surface area contributed by atoms with Crippen LogP contribution in [0, 0.1) is 5.92 Å². The van der Waals surface area contributed by atoms with E-state index in [2.05, 4.69) is 10.6 Å². The van der Waals surface area contributed by atoms with E-state index in [1.54, 1.807) is 0 Å². The predicted octanol–water partition coefficient (Wildman–Crippen LogP) is 0.000600. The molecule has 0 unspecified atom stereocenters. The zero-order chi connectivity index (χ0) is 12.7. The van der Waals surface area contributed by atoms with E-state index in [1.165, 1.54) is 0 Å². The lowest BCUT2D eigenvalue weighted by molar-refractivity contribution is -0.125. The molecule has 0 aromatic rings. The SMILES string of the molecule is CC(C)NC(=O)C[C@H](N)CNC(=O)C(C)C. The standard InChI is InChI=1S/C11H23N3O2/c1-7(2)11(16)13-6-9(12)5-10(15)14-8(3)4/h7-9H,5-6,12H2,1-4H3,(H,13,16)(H,14,15)/t9-/m0/s1. The largest absolute Gasteiger partial charge is 0.354 e. The Balaban J connectivity index is 3.78. The maximum Gasteiger partial charge on any atom is 0.222 e. The lowest BCUT2D eigenvalue weighted by atomic mass is 10.1. The molecule has 0 aromatic carbocycles. The van der Waals surface area contributed by atoms with Gasteiger partial charge in [-0.2, -0.15) is 0 Å². The molecule has 2 amide bonds. The highest BCUT2D eigenvalue weighted by molar-refractivity contribution is 5.78. The molecular weight excluding hydrogens is 206 g/mol. The number of hydrogen-bond acceptors (Lipinski definition) is 3. The molecule has 0 fully saturated rings. The van der Waals surface area contributed by atoms with Crippen LogP contribution in [-0.2, 0) is 9.59 Å². The average Bonchev–Trinajstić information content (AvgIpc) is 2.12. The molecule has 94 valence electrons. The highest BCUT2D eigenvalue weighted by Gasteiger charge is 2.12. The molecule has 0 aromatic heterocycles. The zero-order valence-corrected chi connectivity index (χ0v) is 10.5. The van der Waals surface area contributed by atoms with Crippen molar-refractivity contribution in [2.24, 2.45) is 11.7 Å². The second kappa shape index (κ2) is 7.22. The van der Waals surface area contributed by atoms with Gasteiger partial charge in [0.2, 0.25) is 11.8 Å². The lowest BCUT2D eigenvalue weighted by Gasteiger charge is -2.15. The minimum absolute atomic E-state index is 0.0419. The zero-order valence-electron chi connectivity index (χ0n) is 10.5. The van der Waals surface area contributed by atoms with E-state index in [0.717, 1.165) is 0 Å². The molecule has 0 radical (unpaired) electrons. The molecule has 0 bridgehead atoms. The van der Waals surface area contributed by atoms with E-state index >= 15 is 0 Å². The van der Waals surface area contributed by atoms with Gasteiger partial charge in [0.1, 0.15) is 0 Å². The maximum absolute atomic E-state index is 11.3. The van der Waals surface area contributed by atoms with Crippen LogP contribution in [0.25, 0.3) is 0 Å². The van der Waals surface area contributed by atoms with Crippen LogP contribution in [0.1, 0.15) is 34.1 Å². The monoisotopic (exact) mass is 229 g/mol. The predicted molar refractivity (Wildman–Crippen MR) is 63.7 cm³/mol. The number of rotatable bonds is 6. The van der Waals surface area contributed by atoms with Crippen molar-refractivity contribution in [2.75, 3.05) is 6.54 Å². The molecular formula is C11H23N3O2. The molecule has 0 saturated carbocycles. The molecule has 0 aliphatic carbocycles. The van der Waals surface area contributed by atoms with Crippen molar-refractivity contribution in [3.05, 3.63) is 0 Å². The summed E-state index contributed by atoms with van der Waals surface area (Å²) in [6, 6.07) is -0.216. The molecule has 1 atom stereocenters. The maximum atomic E-state index is 11.3. The Hall–Kier alpha value is -1.10. The molecule has 0 rings (SSSR count). The molecule has 0 saturated heterocycles. The van der Waals surface area contributed by atoms with Gasteiger partial charge in [-0.1, -0.05) is 13.8 Å². The third-order valence-electron chi connectivity index (χ3n) is 1.96. The first-order valence-corrected chi connectivity index (χ1v) is 5.65. The van der Waals surface area contributed by atoms with Crippen molar-refractivity contribution in [3.8, 4) is 0 Å². The van der Waals surface area contributed by atoms with Gasteiger partial charge in [0.15, 0.2) is 0 Å². The molecule has 0 heterocycles. The fourth-order valence-corrected chi connectivity index (χ4v) is 1.13. The second-order valence-corrected chi connectivity index (χ2v) is 4.59. The second-order valence-electron chi connectivity index (χ2n) is 4.59. The molecule has 4 N–H and O–H groups in total. The summed E-state index contributed by atoms with van der Waals surface area (Å²) in [5.41, 5.74) is 5.72. The lowest BCUT2D eigenvalue weighted by Crippen LogP contribution is -2.42. The first-order valence-electron chi connectivity index (χ1n) is 5.65. The van der Waals surface area contributed by atoms with Crippen molar-refractivity contribution in [3.63, 3.8) is 0 Å². The summed E-state index contributed by atoms with van der Waals surface area (Å²) in [4.78, 5) is 22.6. The van der Waals surface area contributed by atoms with Gasteiger partial charge in [0, 0.05) is 31.0 Å². The van der Waals surface area contributed by atoms with E-state index < -0.39 is 0 Å². The van der Waals surface area contributed by atoms with Crippen LogP contribution in [0.2, 0.25) is 0 Å². The highest BCUT2D eigenvalue weighted by atomic mass is 16.2. The molecule has 0 spiro atoms. The van der Waals surface area contributed by atoms with Gasteiger partial charge in [-0.15, -0.1) is 0 Å². The molecule has 16 heavy (non-hydrogen) atoms. The fourth-order valence-electron chi connectivity index (χ4n) is 1.13. The van der Waals surface area contributed by atoms with Gasteiger partial charge in [-0.3, -0.25) is 9.59 Å². The van der Waals surface area contributed by atoms with Gasteiger partial charge in [0.05, 0.1) is 0 Å². The molecule has 5 heteroatoms. The van der Waals surface area contributed by atoms with Crippen molar-refractivity contribution < 1.29 is 9.59 Å². The smallest absolute Gasteiger partial charge is 0.222 e. The summed E-state index contributed by atoms with van der Waals surface area (Å²) in [7, 11) is 0. The van der Waals surface area contributed by atoms with E-state index in [1.807, 2.05) is 27.7 Å². The number of carbonyl (C=O) groups excluding carboxylic acids is 2. The number of nitrogens with two attached hydrogens (primary N) is 1. The minimum atomic E-state index is -0.332. The third kappa shape index (κ3) is 7.23. The van der Waals surface area contributed by atoms with Crippen LogP contribution in [0.5, 0.6) is 0 Å². The van der Waals surface area contributed by atoms with Gasteiger partial charge < -0.3 is 16.4 Å². The Morgan fingerprint density at radius 3 is 2.19 bits per heavy atom. The van der Waals surface area contributed by atoms with E-state index in [4.69, 9.17) is 5.73 Å². The summed E-state index contributed by atoms with van der Waals surface area (Å²) >= 11 is 0. The number of nitrogens with one attached hydrogen (secondary N) is 2. The summed E-state index contributed by atoms with van der Waals surface area (Å²) in [5.74, 6) is -0.183. The number of hydrogen-bond donors (Lipinski definition) is 3. The Morgan fingerprint density at radius 1 is 1.19 bits per heavy atom. The van der Waals surface area contributed by atoms with Crippen LogP contribution >= 0.6 is 0 Å². The van der Waals surface area contributed by atoms with Gasteiger partial charge in [0.25, 0.3) is 0 Å². The van der Waals surface area contributed by atoms with Crippen LogP contribution in [-0.4, -0.2) is 30.4 Å². The first kappa shape index (κ1) is 14.9. The van der Waals surface area contributed by atoms with Crippen LogP contribution in [0.4, 0.5) is 0 Å². The quantitative estimate of drug-likeness (QED) is 0.599. The summed E-state index contributed by atoms with van der Waals surface area (Å²) in [6.07, 6.45) is 0.233. The van der Waals surface area contributed by atoms with Crippen LogP contribution in [0.3, 0.4) is 0 Å². The van der Waals surface area contributed by atoms with Gasteiger partial charge >= 0.3 is 0 Å². The number of carbonyl (C=O) groups is 2. The Kier molecular flexibility index (Phi) is 6.72. The Morgan fingerprint density at radius 2 is 1.75 bits per heavy atom. The van der Waals surface area contributed by atoms with Crippen molar-refractivity contribution >= 4 is 11.8 Å². The fraction of sp³-hybridized carbons (Fsp3) is 0.818. The van der Waals surface area contributed by atoms with Crippen LogP contribution in [0.15, 0.2) is 0 Å². The van der Waals surface area contributed by atoms with Crippen LogP contribution < -0.4 is 16.4 Å². The Labute approximate surface area is 97.2 Å². The highest BCUT2D eigenvalue weighted by Crippen LogP contribution is 1.93. The number of amides is 2. The third-order valence-corrected chi connectivity index (χ3v) is 1.96. The summed E-state index contributed by atoms with van der Waals surface area (Å²) in [6.45, 7) is 7.75. The first-order chi connectivity index (χ1) is 7.32. The van der Waals surface area contributed by atoms with Crippen molar-refractivity contribution in [1.29, 1.82) is 0 Å². The van der Waals surface area contributed by atoms with E-state index in [9.17, 15) is 9.59 Å². The minimum Gasteiger partial charge on any atom is -0.354 e. The normalized spacial score (nSPS) is 12.7. The van der Waals surface area contributed by atoms with E-state index in [-0.39, 0.29) is 36.2 Å². The molecule has 5 nitrogen and oxygen atoms in total. The van der Waals surface area contributed by atoms with Gasteiger partial charge in [-0.25, -0.2) is 0 Å². The summed E-state index contributed by atoms with van der Waals surface area (Å²) < 4.78 is 0.